The Kier molecular flexibility index (Phi) is 15.5. The van der Waals surface area contributed by atoms with Crippen LogP contribution in [0.1, 0.15) is 110 Å². The van der Waals surface area contributed by atoms with E-state index in [9.17, 15) is 9.59 Å². The van der Waals surface area contributed by atoms with E-state index in [1.54, 1.807) is 0 Å². The summed E-state index contributed by atoms with van der Waals surface area (Å²) < 4.78 is 0. The van der Waals surface area contributed by atoms with Crippen molar-refractivity contribution < 1.29 is 9.59 Å². The summed E-state index contributed by atoms with van der Waals surface area (Å²) in [5.41, 5.74) is 0. The van der Waals surface area contributed by atoms with E-state index < -0.39 is 0 Å². The van der Waals surface area contributed by atoms with Gasteiger partial charge in [-0.2, -0.15) is 0 Å². The molecule has 154 valence electrons. The Labute approximate surface area is 171 Å². The van der Waals surface area contributed by atoms with Gasteiger partial charge in [-0.15, -0.1) is 11.8 Å². The predicted octanol–water partition coefficient (Wildman–Crippen LogP) is 7.57. The van der Waals surface area contributed by atoms with Crippen molar-refractivity contribution in [2.75, 3.05) is 5.75 Å². The van der Waals surface area contributed by atoms with Gasteiger partial charge in [-0.1, -0.05) is 103 Å². The normalized spacial score (nSPS) is 14.0. The summed E-state index contributed by atoms with van der Waals surface area (Å²) in [5, 5.41) is 0. The third kappa shape index (κ3) is 13.9. The molecule has 0 aliphatic heterocycles. The third-order valence-corrected chi connectivity index (χ3v) is 6.29. The molecule has 0 bridgehead atoms. The van der Waals surface area contributed by atoms with Crippen LogP contribution in [0.4, 0.5) is 0 Å². The molecule has 0 aromatic heterocycles. The van der Waals surface area contributed by atoms with Gasteiger partial charge in [0.1, 0.15) is 0 Å². The minimum absolute atomic E-state index is 0.0175. The fraction of sp³-hybridized carbons (Fsp3) is 0.750. The number of thioether (sulfide) groups is 1. The second kappa shape index (κ2) is 17.3. The van der Waals surface area contributed by atoms with Gasteiger partial charge in [0.05, 0.1) is 4.91 Å². The molecule has 0 atom stereocenters. The van der Waals surface area contributed by atoms with Gasteiger partial charge in [0.15, 0.2) is 11.6 Å². The molecule has 0 saturated heterocycles. The monoisotopic (exact) mass is 392 g/mol. The molecule has 0 saturated carbocycles. The Bertz CT molecular complexity index is 465. The first-order valence-electron chi connectivity index (χ1n) is 11.3. The lowest BCUT2D eigenvalue weighted by Crippen LogP contribution is -2.05. The number of unbranched alkanes of at least 4 members (excludes halogenated alkanes) is 15. The van der Waals surface area contributed by atoms with Crippen LogP contribution in [0.2, 0.25) is 0 Å². The van der Waals surface area contributed by atoms with Crippen molar-refractivity contribution in [3.63, 3.8) is 0 Å². The molecule has 0 radical (unpaired) electrons. The van der Waals surface area contributed by atoms with Crippen molar-refractivity contribution in [1.82, 2.24) is 0 Å². The Hall–Kier alpha value is -0.830. The van der Waals surface area contributed by atoms with E-state index in [4.69, 9.17) is 0 Å². The van der Waals surface area contributed by atoms with E-state index in [2.05, 4.69) is 6.92 Å². The molecule has 0 aromatic carbocycles. The van der Waals surface area contributed by atoms with Gasteiger partial charge in [0.25, 0.3) is 0 Å². The molecular weight excluding hydrogens is 352 g/mol. The quantitative estimate of drug-likeness (QED) is 0.178. The topological polar surface area (TPSA) is 34.1 Å². The van der Waals surface area contributed by atoms with Crippen molar-refractivity contribution in [2.24, 2.45) is 0 Å². The third-order valence-electron chi connectivity index (χ3n) is 5.17. The zero-order valence-corrected chi connectivity index (χ0v) is 18.3. The SMILES string of the molecule is CCCCCCCCCCCCCCCCCCSC1=CC(=O)C=CC1=O. The van der Waals surface area contributed by atoms with Gasteiger partial charge < -0.3 is 0 Å². The summed E-state index contributed by atoms with van der Waals surface area (Å²) in [7, 11) is 0. The zero-order valence-electron chi connectivity index (χ0n) is 17.5. The van der Waals surface area contributed by atoms with Crippen LogP contribution in [-0.4, -0.2) is 17.3 Å². The van der Waals surface area contributed by atoms with Crippen molar-refractivity contribution >= 4 is 23.3 Å². The van der Waals surface area contributed by atoms with Crippen LogP contribution in [0.15, 0.2) is 23.1 Å². The minimum Gasteiger partial charge on any atom is -0.290 e. The van der Waals surface area contributed by atoms with Crippen LogP contribution in [0, 0.1) is 0 Å². The average Bonchev–Trinajstić information content (AvgIpc) is 2.67. The molecule has 0 spiro atoms. The number of allylic oxidation sites excluding steroid dienone is 4. The highest BCUT2D eigenvalue weighted by Gasteiger charge is 2.12. The van der Waals surface area contributed by atoms with Crippen LogP contribution in [0.3, 0.4) is 0 Å². The largest absolute Gasteiger partial charge is 0.290 e. The number of carbonyl (C=O) groups is 2. The summed E-state index contributed by atoms with van der Waals surface area (Å²) in [4.78, 5) is 23.5. The van der Waals surface area contributed by atoms with E-state index >= 15 is 0 Å². The van der Waals surface area contributed by atoms with Gasteiger partial charge in [0.2, 0.25) is 0 Å². The molecule has 1 aliphatic rings. The summed E-state index contributed by atoms with van der Waals surface area (Å²) in [6.07, 6.45) is 26.2. The molecule has 0 amide bonds. The smallest absolute Gasteiger partial charge is 0.192 e. The Morgan fingerprint density at radius 1 is 0.630 bits per heavy atom. The highest BCUT2D eigenvalue weighted by Crippen LogP contribution is 2.22. The number of hydrogen-bond acceptors (Lipinski definition) is 3. The molecule has 3 heteroatoms. The fourth-order valence-corrected chi connectivity index (χ4v) is 4.41. The summed E-state index contributed by atoms with van der Waals surface area (Å²) in [6, 6.07) is 0. The number of carbonyl (C=O) groups excluding carboxylic acids is 2. The summed E-state index contributed by atoms with van der Waals surface area (Å²) in [5.74, 6) is 0.858. The molecule has 0 aromatic rings. The average molecular weight is 393 g/mol. The lowest BCUT2D eigenvalue weighted by atomic mass is 10.0. The number of hydrogen-bond donors (Lipinski definition) is 0. The fourth-order valence-electron chi connectivity index (χ4n) is 3.43. The first-order valence-corrected chi connectivity index (χ1v) is 12.3. The molecule has 2 nitrogen and oxygen atoms in total. The Morgan fingerprint density at radius 3 is 1.56 bits per heavy atom. The molecule has 0 heterocycles. The molecule has 0 unspecified atom stereocenters. The van der Waals surface area contributed by atoms with E-state index in [1.807, 2.05) is 0 Å². The highest BCUT2D eigenvalue weighted by molar-refractivity contribution is 8.04. The van der Waals surface area contributed by atoms with Gasteiger partial charge in [0, 0.05) is 6.08 Å². The number of rotatable bonds is 18. The molecule has 1 rings (SSSR count). The minimum atomic E-state index is -0.0657. The Morgan fingerprint density at radius 2 is 1.07 bits per heavy atom. The Balaban J connectivity index is 1.77. The van der Waals surface area contributed by atoms with E-state index in [0.717, 1.165) is 12.2 Å². The molecule has 1 aliphatic carbocycles. The van der Waals surface area contributed by atoms with Crippen molar-refractivity contribution in [1.29, 1.82) is 0 Å². The van der Waals surface area contributed by atoms with Gasteiger partial charge in [-0.05, 0) is 24.3 Å². The predicted molar refractivity (Wildman–Crippen MR) is 119 cm³/mol. The molecule has 27 heavy (non-hydrogen) atoms. The number of ketones is 2. The summed E-state index contributed by atoms with van der Waals surface area (Å²) >= 11 is 1.54. The summed E-state index contributed by atoms with van der Waals surface area (Å²) in [6.45, 7) is 2.28. The first kappa shape index (κ1) is 24.2. The van der Waals surface area contributed by atoms with Gasteiger partial charge in [-0.25, -0.2) is 0 Å². The second-order valence-electron chi connectivity index (χ2n) is 7.76. The van der Waals surface area contributed by atoms with Crippen molar-refractivity contribution in [3.8, 4) is 0 Å². The van der Waals surface area contributed by atoms with E-state index in [0.29, 0.717) is 4.91 Å². The standard InChI is InChI=1S/C24H40O2S/c1-2-3-4-5-6-7-8-9-10-11-12-13-14-15-16-17-20-27-24-21-22(25)18-19-23(24)26/h18-19,21H,2-17,20H2,1H3. The van der Waals surface area contributed by atoms with Crippen molar-refractivity contribution in [3.05, 3.63) is 23.1 Å². The van der Waals surface area contributed by atoms with E-state index in [1.165, 1.54) is 126 Å². The second-order valence-corrected chi connectivity index (χ2v) is 8.90. The van der Waals surface area contributed by atoms with Crippen LogP contribution < -0.4 is 0 Å². The highest BCUT2D eigenvalue weighted by atomic mass is 32.2. The van der Waals surface area contributed by atoms with Crippen molar-refractivity contribution in [2.45, 2.75) is 110 Å². The lowest BCUT2D eigenvalue weighted by Gasteiger charge is -2.06. The van der Waals surface area contributed by atoms with Crippen LogP contribution in [-0.2, 0) is 9.59 Å². The first-order chi connectivity index (χ1) is 13.2. The lowest BCUT2D eigenvalue weighted by molar-refractivity contribution is -0.114. The maximum absolute atomic E-state index is 11.6. The van der Waals surface area contributed by atoms with Gasteiger partial charge in [-0.3, -0.25) is 9.59 Å². The van der Waals surface area contributed by atoms with Gasteiger partial charge >= 0.3 is 0 Å². The molecule has 0 N–H and O–H groups in total. The van der Waals surface area contributed by atoms with Crippen LogP contribution >= 0.6 is 11.8 Å². The zero-order chi connectivity index (χ0) is 19.6. The van der Waals surface area contributed by atoms with Crippen LogP contribution in [0.25, 0.3) is 0 Å². The molecular formula is C24H40O2S. The maximum Gasteiger partial charge on any atom is 0.192 e. The maximum atomic E-state index is 11.6. The van der Waals surface area contributed by atoms with E-state index in [-0.39, 0.29) is 11.6 Å². The molecule has 0 fully saturated rings. The van der Waals surface area contributed by atoms with Crippen LogP contribution in [0.5, 0.6) is 0 Å².